The summed E-state index contributed by atoms with van der Waals surface area (Å²) in [7, 11) is 4.76. The average molecular weight is 407 g/mol. The molecule has 1 fully saturated rings. The molecule has 0 saturated heterocycles. The normalized spacial score (nSPS) is 16.0. The molecule has 0 spiro atoms. The van der Waals surface area contributed by atoms with Crippen LogP contribution in [0.5, 0.6) is 17.2 Å². The van der Waals surface area contributed by atoms with Gasteiger partial charge in [0, 0.05) is 36.5 Å². The highest BCUT2D eigenvalue weighted by Gasteiger charge is 2.22. The molecule has 7 heteroatoms. The fourth-order valence-corrected chi connectivity index (χ4v) is 3.89. The van der Waals surface area contributed by atoms with Crippen molar-refractivity contribution in [2.45, 2.75) is 19.3 Å². The number of fused-ring (bicyclic) bond motifs is 1. The second kappa shape index (κ2) is 8.57. The zero-order valence-corrected chi connectivity index (χ0v) is 17.4. The maximum Gasteiger partial charge on any atom is 0.203 e. The molecular formula is C23H25N3O4. The molecule has 1 saturated carbocycles. The van der Waals surface area contributed by atoms with E-state index in [2.05, 4.69) is 10.3 Å². The van der Waals surface area contributed by atoms with Gasteiger partial charge in [-0.15, -0.1) is 0 Å². The summed E-state index contributed by atoms with van der Waals surface area (Å²) in [6.07, 6.45) is 4.00. The van der Waals surface area contributed by atoms with Crippen LogP contribution in [0.2, 0.25) is 0 Å². The zero-order valence-electron chi connectivity index (χ0n) is 17.4. The molecular weight excluding hydrogens is 382 g/mol. The maximum atomic E-state index is 11.6. The van der Waals surface area contributed by atoms with Gasteiger partial charge in [-0.1, -0.05) is 0 Å². The van der Waals surface area contributed by atoms with Crippen LogP contribution in [0.4, 0.5) is 5.82 Å². The van der Waals surface area contributed by atoms with E-state index in [0.717, 1.165) is 34.4 Å². The minimum Gasteiger partial charge on any atom is -0.493 e. The maximum absolute atomic E-state index is 11.6. The number of rotatable bonds is 7. The summed E-state index contributed by atoms with van der Waals surface area (Å²) in [6, 6.07) is 9.58. The van der Waals surface area contributed by atoms with Crippen LogP contribution in [0.1, 0.15) is 19.3 Å². The third-order valence-electron chi connectivity index (χ3n) is 5.47. The summed E-state index contributed by atoms with van der Waals surface area (Å²) >= 11 is 0. The molecule has 1 aromatic carbocycles. The summed E-state index contributed by atoms with van der Waals surface area (Å²) in [5, 5.41) is 4.39. The van der Waals surface area contributed by atoms with Crippen molar-refractivity contribution in [3.8, 4) is 28.5 Å². The molecule has 0 bridgehead atoms. The van der Waals surface area contributed by atoms with Gasteiger partial charge in [0.15, 0.2) is 11.5 Å². The van der Waals surface area contributed by atoms with Crippen molar-refractivity contribution in [1.82, 2.24) is 9.97 Å². The van der Waals surface area contributed by atoms with E-state index >= 15 is 0 Å². The van der Waals surface area contributed by atoms with E-state index in [4.69, 9.17) is 19.2 Å². The molecule has 156 valence electrons. The van der Waals surface area contributed by atoms with Crippen molar-refractivity contribution in [2.24, 2.45) is 5.92 Å². The van der Waals surface area contributed by atoms with Crippen LogP contribution in [-0.4, -0.2) is 43.6 Å². The highest BCUT2D eigenvalue weighted by Crippen LogP contribution is 2.41. The molecule has 0 radical (unpaired) electrons. The van der Waals surface area contributed by atoms with E-state index in [1.165, 1.54) is 0 Å². The Kier molecular flexibility index (Phi) is 5.70. The fraction of sp³-hybridized carbons (Fsp3) is 0.348. The van der Waals surface area contributed by atoms with Crippen LogP contribution in [-0.2, 0) is 4.79 Å². The molecule has 7 nitrogen and oxygen atoms in total. The molecule has 2 heterocycles. The van der Waals surface area contributed by atoms with Crippen LogP contribution >= 0.6 is 0 Å². The molecule has 1 atom stereocenters. The lowest BCUT2D eigenvalue weighted by molar-refractivity contribution is -0.117. The van der Waals surface area contributed by atoms with Gasteiger partial charge >= 0.3 is 0 Å². The Bertz CT molecular complexity index is 1060. The van der Waals surface area contributed by atoms with Crippen LogP contribution in [0.15, 0.2) is 36.5 Å². The number of nitrogens with one attached hydrogen (secondary N) is 1. The number of anilines is 1. The number of ether oxygens (including phenoxy) is 3. The van der Waals surface area contributed by atoms with E-state index in [0.29, 0.717) is 48.3 Å². The first-order chi connectivity index (χ1) is 14.6. The monoisotopic (exact) mass is 407 g/mol. The third-order valence-corrected chi connectivity index (χ3v) is 5.47. The van der Waals surface area contributed by atoms with Crippen molar-refractivity contribution >= 4 is 22.5 Å². The fourth-order valence-electron chi connectivity index (χ4n) is 3.89. The minimum atomic E-state index is 0.340. The van der Waals surface area contributed by atoms with Crippen molar-refractivity contribution < 1.29 is 19.0 Å². The van der Waals surface area contributed by atoms with Crippen LogP contribution < -0.4 is 19.5 Å². The molecule has 1 aliphatic carbocycles. The number of hydrogen-bond donors (Lipinski definition) is 1. The van der Waals surface area contributed by atoms with E-state index < -0.39 is 0 Å². The van der Waals surface area contributed by atoms with Crippen LogP contribution in [0.25, 0.3) is 22.2 Å². The number of aromatic nitrogens is 2. The number of ketones is 1. The van der Waals surface area contributed by atoms with Gasteiger partial charge in [-0.25, -0.2) is 4.98 Å². The van der Waals surface area contributed by atoms with Gasteiger partial charge in [-0.3, -0.25) is 9.78 Å². The highest BCUT2D eigenvalue weighted by molar-refractivity contribution is 5.92. The number of benzene rings is 1. The second-order valence-electron chi connectivity index (χ2n) is 7.37. The van der Waals surface area contributed by atoms with Crippen molar-refractivity contribution in [1.29, 1.82) is 0 Å². The number of Topliss-reactive ketones (excluding diaryl/α,β-unsaturated/α-hetero) is 1. The molecule has 0 amide bonds. The van der Waals surface area contributed by atoms with Crippen LogP contribution in [0, 0.1) is 5.92 Å². The lowest BCUT2D eigenvalue weighted by atomic mass is 10.1. The first-order valence-corrected chi connectivity index (χ1v) is 9.94. The molecule has 1 aliphatic rings. The minimum absolute atomic E-state index is 0.340. The average Bonchev–Trinajstić information content (AvgIpc) is 3.21. The zero-order chi connectivity index (χ0) is 21.1. The Morgan fingerprint density at radius 3 is 2.50 bits per heavy atom. The van der Waals surface area contributed by atoms with Gasteiger partial charge < -0.3 is 19.5 Å². The first-order valence-electron chi connectivity index (χ1n) is 9.94. The van der Waals surface area contributed by atoms with E-state index in [9.17, 15) is 4.79 Å². The number of nitrogens with zero attached hydrogens (tertiary/aromatic N) is 2. The Hall–Kier alpha value is -3.35. The largest absolute Gasteiger partial charge is 0.493 e. The van der Waals surface area contributed by atoms with Gasteiger partial charge in [-0.2, -0.15) is 0 Å². The number of carbonyl (C=O) groups is 1. The Labute approximate surface area is 175 Å². The number of hydrogen-bond acceptors (Lipinski definition) is 7. The molecule has 3 aromatic rings. The van der Waals surface area contributed by atoms with Gasteiger partial charge in [-0.05, 0) is 42.7 Å². The lowest BCUT2D eigenvalue weighted by Gasteiger charge is -2.16. The number of carbonyl (C=O) groups excluding carboxylic acids is 1. The molecule has 30 heavy (non-hydrogen) atoms. The predicted molar refractivity (Wildman–Crippen MR) is 115 cm³/mol. The molecule has 4 rings (SSSR count). The molecule has 0 aliphatic heterocycles. The number of pyridine rings is 2. The van der Waals surface area contributed by atoms with E-state index in [1.807, 2.05) is 30.3 Å². The third kappa shape index (κ3) is 3.87. The summed E-state index contributed by atoms with van der Waals surface area (Å²) in [4.78, 5) is 21.0. The predicted octanol–water partition coefficient (Wildman–Crippen LogP) is 4.10. The van der Waals surface area contributed by atoms with E-state index in [1.54, 1.807) is 27.5 Å². The van der Waals surface area contributed by atoms with E-state index in [-0.39, 0.29) is 0 Å². The highest BCUT2D eigenvalue weighted by atomic mass is 16.5. The van der Waals surface area contributed by atoms with Gasteiger partial charge in [0.1, 0.15) is 11.6 Å². The molecule has 1 N–H and O–H groups in total. The SMILES string of the molecule is COc1cc(-c2cc3ncccc3c(NC[C@H]3CCC(=O)C3)n2)cc(OC)c1OC. The first kappa shape index (κ1) is 19.9. The molecule has 2 aromatic heterocycles. The summed E-state index contributed by atoms with van der Waals surface area (Å²) in [6.45, 7) is 0.710. The Morgan fingerprint density at radius 1 is 1.10 bits per heavy atom. The second-order valence-corrected chi connectivity index (χ2v) is 7.37. The summed E-state index contributed by atoms with van der Waals surface area (Å²) in [5.41, 5.74) is 2.41. The topological polar surface area (TPSA) is 82.6 Å². The Morgan fingerprint density at radius 2 is 1.87 bits per heavy atom. The number of methoxy groups -OCH3 is 3. The quantitative estimate of drug-likeness (QED) is 0.631. The van der Waals surface area contributed by atoms with Gasteiger partial charge in [0.05, 0.1) is 32.5 Å². The smallest absolute Gasteiger partial charge is 0.203 e. The Balaban J connectivity index is 1.75. The van der Waals surface area contributed by atoms with Crippen molar-refractivity contribution in [3.63, 3.8) is 0 Å². The van der Waals surface area contributed by atoms with Gasteiger partial charge in [0.2, 0.25) is 5.75 Å². The lowest BCUT2D eigenvalue weighted by Crippen LogP contribution is -2.13. The standard InChI is InChI=1S/C23H25N3O4/c1-28-20-10-15(11-21(29-2)22(20)30-3)18-12-19-17(5-4-8-24-19)23(26-18)25-13-14-6-7-16(27)9-14/h4-5,8,10-12,14H,6-7,9,13H2,1-3H3,(H,25,26)/t14-/m0/s1. The summed E-state index contributed by atoms with van der Waals surface area (Å²) in [5.74, 6) is 3.10. The van der Waals surface area contributed by atoms with Crippen molar-refractivity contribution in [2.75, 3.05) is 33.2 Å². The van der Waals surface area contributed by atoms with Crippen LogP contribution in [0.3, 0.4) is 0 Å². The summed E-state index contributed by atoms with van der Waals surface area (Å²) < 4.78 is 16.4. The molecule has 0 unspecified atom stereocenters. The van der Waals surface area contributed by atoms with Crippen molar-refractivity contribution in [3.05, 3.63) is 36.5 Å². The van der Waals surface area contributed by atoms with Gasteiger partial charge in [0.25, 0.3) is 0 Å².